The first-order chi connectivity index (χ1) is 22.6. The molecule has 2 amide bonds. The molecule has 11 nitrogen and oxygen atoms in total. The largest absolute Gasteiger partial charge is 0.494 e. The van der Waals surface area contributed by atoms with Crippen LogP contribution in [0, 0.1) is 23.2 Å². The van der Waals surface area contributed by atoms with Gasteiger partial charge < -0.3 is 28.6 Å². The number of pyridine rings is 2. The van der Waals surface area contributed by atoms with Crippen LogP contribution in [0.2, 0.25) is 0 Å². The van der Waals surface area contributed by atoms with Crippen molar-refractivity contribution < 1.29 is 23.5 Å². The highest BCUT2D eigenvalue weighted by atomic mass is 16.6. The third-order valence-corrected chi connectivity index (χ3v) is 9.26. The summed E-state index contributed by atoms with van der Waals surface area (Å²) in [5.41, 5.74) is 4.84. The van der Waals surface area contributed by atoms with Gasteiger partial charge in [0.05, 0.1) is 23.9 Å². The Labute approximate surface area is 273 Å². The van der Waals surface area contributed by atoms with Crippen molar-refractivity contribution in [2.24, 2.45) is 11.8 Å². The van der Waals surface area contributed by atoms with Crippen LogP contribution in [-0.2, 0) is 4.74 Å². The number of carbonyl (C=O) groups excluding carboxylic acids is 2. The highest BCUT2D eigenvalue weighted by Crippen LogP contribution is 2.38. The van der Waals surface area contributed by atoms with Gasteiger partial charge in [-0.2, -0.15) is 5.26 Å². The van der Waals surface area contributed by atoms with Crippen LogP contribution in [0.4, 0.5) is 10.5 Å². The number of rotatable bonds is 5. The average molecular weight is 635 g/mol. The lowest BCUT2D eigenvalue weighted by Gasteiger charge is -2.26. The molecule has 3 aliphatic rings. The number of amides is 2. The average Bonchev–Trinajstić information content (AvgIpc) is 3.87. The van der Waals surface area contributed by atoms with Crippen molar-refractivity contribution in [1.29, 1.82) is 5.26 Å². The first-order valence-electron chi connectivity index (χ1n) is 16.1. The molecule has 0 aliphatic carbocycles. The van der Waals surface area contributed by atoms with Crippen LogP contribution in [0.25, 0.3) is 33.7 Å². The Hall–Kier alpha value is -5.11. The number of hydrogen-bond acceptors (Lipinski definition) is 9. The van der Waals surface area contributed by atoms with Gasteiger partial charge in [-0.25, -0.2) is 9.78 Å². The van der Waals surface area contributed by atoms with Gasteiger partial charge >= 0.3 is 6.09 Å². The number of benzene rings is 1. The monoisotopic (exact) mass is 634 g/mol. The van der Waals surface area contributed by atoms with Crippen molar-refractivity contribution >= 4 is 28.8 Å². The summed E-state index contributed by atoms with van der Waals surface area (Å²) in [4.78, 5) is 41.1. The van der Waals surface area contributed by atoms with E-state index < -0.39 is 5.60 Å². The number of carbonyl (C=O) groups is 2. The number of nitriles is 1. The highest BCUT2D eigenvalue weighted by molar-refractivity contribution is 5.96. The zero-order valence-corrected chi connectivity index (χ0v) is 27.2. The standard InChI is InChI=1S/C36H38N6O5/c1-36(2,3)47-35(44)42-20-25-18-41(19-26(25)21-42)34(43)24-14-30(45-4)32(39-17-24)31-15-28-33(46-31)27(9-10-38-28)22-7-8-29(23(13-22)16-37)40-11-5-6-12-40/h7-10,13-15,17,25-26H,5-6,11-12,18-21H2,1-4H3. The second kappa shape index (κ2) is 11.9. The van der Waals surface area contributed by atoms with E-state index in [0.717, 1.165) is 42.7 Å². The van der Waals surface area contributed by atoms with E-state index in [1.165, 1.54) is 7.11 Å². The summed E-state index contributed by atoms with van der Waals surface area (Å²) in [6, 6.07) is 13.7. The number of methoxy groups -OCH3 is 1. The molecular formula is C36H38N6O5. The predicted octanol–water partition coefficient (Wildman–Crippen LogP) is 5.98. The third-order valence-electron chi connectivity index (χ3n) is 9.26. The molecule has 242 valence electrons. The fourth-order valence-electron chi connectivity index (χ4n) is 7.03. The van der Waals surface area contributed by atoms with Gasteiger partial charge in [0.2, 0.25) is 0 Å². The van der Waals surface area contributed by atoms with E-state index in [4.69, 9.17) is 13.9 Å². The Balaban J connectivity index is 1.10. The summed E-state index contributed by atoms with van der Waals surface area (Å²) >= 11 is 0. The molecule has 2 atom stereocenters. The van der Waals surface area contributed by atoms with Gasteiger partial charge in [-0.05, 0) is 63.4 Å². The predicted molar refractivity (Wildman–Crippen MR) is 176 cm³/mol. The maximum Gasteiger partial charge on any atom is 0.410 e. The van der Waals surface area contributed by atoms with E-state index in [1.807, 2.05) is 56.0 Å². The molecule has 0 N–H and O–H groups in total. The van der Waals surface area contributed by atoms with Gasteiger partial charge in [0.1, 0.15) is 28.6 Å². The van der Waals surface area contributed by atoms with E-state index >= 15 is 0 Å². The Kier molecular flexibility index (Phi) is 7.74. The van der Waals surface area contributed by atoms with Crippen LogP contribution in [-0.4, -0.2) is 83.7 Å². The first-order valence-corrected chi connectivity index (χ1v) is 16.1. The molecule has 0 bridgehead atoms. The number of nitrogens with zero attached hydrogens (tertiary/aromatic N) is 6. The molecule has 2 unspecified atom stereocenters. The Bertz CT molecular complexity index is 1890. The van der Waals surface area contributed by atoms with Crippen molar-refractivity contribution in [3.05, 3.63) is 59.9 Å². The number of hydrogen-bond donors (Lipinski definition) is 0. The van der Waals surface area contributed by atoms with Crippen molar-refractivity contribution in [1.82, 2.24) is 19.8 Å². The van der Waals surface area contributed by atoms with Crippen molar-refractivity contribution in [2.75, 3.05) is 51.3 Å². The van der Waals surface area contributed by atoms with Crippen LogP contribution < -0.4 is 9.64 Å². The summed E-state index contributed by atoms with van der Waals surface area (Å²) in [6.45, 7) is 9.79. The molecule has 0 radical (unpaired) electrons. The summed E-state index contributed by atoms with van der Waals surface area (Å²) in [5.74, 6) is 1.16. The number of anilines is 1. The summed E-state index contributed by atoms with van der Waals surface area (Å²) in [6.07, 6.45) is 5.25. The van der Waals surface area contributed by atoms with E-state index in [2.05, 4.69) is 20.9 Å². The second-order valence-electron chi connectivity index (χ2n) is 13.6. The molecule has 0 saturated carbocycles. The lowest BCUT2D eigenvalue weighted by Crippen LogP contribution is -2.38. The molecule has 4 aromatic rings. The summed E-state index contributed by atoms with van der Waals surface area (Å²) in [5, 5.41) is 9.93. The molecule has 3 saturated heterocycles. The van der Waals surface area contributed by atoms with Gasteiger partial charge in [-0.3, -0.25) is 9.78 Å². The van der Waals surface area contributed by atoms with Gasteiger partial charge in [-0.1, -0.05) is 6.07 Å². The lowest BCUT2D eigenvalue weighted by molar-refractivity contribution is 0.0275. The number of furan rings is 1. The molecule has 47 heavy (non-hydrogen) atoms. The zero-order valence-electron chi connectivity index (χ0n) is 27.2. The molecule has 7 rings (SSSR count). The number of likely N-dealkylation sites (tertiary alicyclic amines) is 2. The fourth-order valence-corrected chi connectivity index (χ4v) is 7.03. The van der Waals surface area contributed by atoms with Crippen LogP contribution >= 0.6 is 0 Å². The van der Waals surface area contributed by atoms with E-state index in [-0.39, 0.29) is 23.8 Å². The molecule has 1 aromatic carbocycles. The van der Waals surface area contributed by atoms with Gasteiger partial charge in [-0.15, -0.1) is 0 Å². The normalized spacial score (nSPS) is 19.3. The SMILES string of the molecule is COc1cc(C(=O)N2CC3CN(C(=O)OC(C)(C)C)CC3C2)cnc1-c1cc2nccc(-c3ccc(N4CCCC4)c(C#N)c3)c2o1. The minimum Gasteiger partial charge on any atom is -0.494 e. The maximum atomic E-state index is 13.6. The smallest absolute Gasteiger partial charge is 0.410 e. The van der Waals surface area contributed by atoms with E-state index in [0.29, 0.717) is 65.6 Å². The molecular weight excluding hydrogens is 596 g/mol. The van der Waals surface area contributed by atoms with Crippen LogP contribution in [0.15, 0.2) is 53.2 Å². The van der Waals surface area contributed by atoms with Crippen molar-refractivity contribution in [3.8, 4) is 34.4 Å². The maximum absolute atomic E-state index is 13.6. The fraction of sp³-hybridized carbons (Fsp3) is 0.417. The van der Waals surface area contributed by atoms with Gasteiger partial charge in [0.15, 0.2) is 11.3 Å². The van der Waals surface area contributed by atoms with E-state index in [9.17, 15) is 14.9 Å². The van der Waals surface area contributed by atoms with Crippen molar-refractivity contribution in [2.45, 2.75) is 39.2 Å². The first kappa shape index (κ1) is 30.5. The molecule has 3 aliphatic heterocycles. The molecule has 11 heteroatoms. The third kappa shape index (κ3) is 5.84. The molecule has 6 heterocycles. The Morgan fingerprint density at radius 2 is 1.70 bits per heavy atom. The van der Waals surface area contributed by atoms with E-state index in [1.54, 1.807) is 23.4 Å². The number of aromatic nitrogens is 2. The molecule has 3 aromatic heterocycles. The number of fused-ring (bicyclic) bond motifs is 2. The molecule has 0 spiro atoms. The zero-order chi connectivity index (χ0) is 32.9. The summed E-state index contributed by atoms with van der Waals surface area (Å²) in [7, 11) is 1.54. The topological polar surface area (TPSA) is 125 Å². The lowest BCUT2D eigenvalue weighted by atomic mass is 10.0. The minimum absolute atomic E-state index is 0.125. The Morgan fingerprint density at radius 3 is 2.38 bits per heavy atom. The highest BCUT2D eigenvalue weighted by Gasteiger charge is 2.44. The van der Waals surface area contributed by atoms with Crippen molar-refractivity contribution in [3.63, 3.8) is 0 Å². The molecule has 3 fully saturated rings. The van der Waals surface area contributed by atoms with Crippen LogP contribution in [0.5, 0.6) is 5.75 Å². The van der Waals surface area contributed by atoms with Crippen LogP contribution in [0.1, 0.15) is 49.5 Å². The number of ether oxygens (including phenoxy) is 2. The Morgan fingerprint density at radius 1 is 0.979 bits per heavy atom. The van der Waals surface area contributed by atoms with Gasteiger partial charge in [0.25, 0.3) is 5.91 Å². The van der Waals surface area contributed by atoms with Crippen LogP contribution in [0.3, 0.4) is 0 Å². The second-order valence-corrected chi connectivity index (χ2v) is 13.6. The quantitative estimate of drug-likeness (QED) is 0.261. The minimum atomic E-state index is -0.544. The summed E-state index contributed by atoms with van der Waals surface area (Å²) < 4.78 is 17.6. The van der Waals surface area contributed by atoms with Gasteiger partial charge in [0, 0.05) is 75.1 Å².